The highest BCUT2D eigenvalue weighted by Gasteiger charge is 2.09. The predicted octanol–water partition coefficient (Wildman–Crippen LogP) is 3.83. The van der Waals surface area contributed by atoms with E-state index in [0.29, 0.717) is 0 Å². The minimum absolute atomic E-state index is 0.230. The largest absolute Gasteiger partial charge is 0.506 e. The molecule has 0 saturated heterocycles. The van der Waals surface area contributed by atoms with Gasteiger partial charge in [-0.15, -0.1) is 0 Å². The van der Waals surface area contributed by atoms with Crippen molar-refractivity contribution in [3.8, 4) is 5.75 Å². The quantitative estimate of drug-likeness (QED) is 0.851. The van der Waals surface area contributed by atoms with Gasteiger partial charge in [-0.25, -0.2) is 4.98 Å². The fraction of sp³-hybridized carbons (Fsp3) is 0.250. The first kappa shape index (κ1) is 10.4. The summed E-state index contributed by atoms with van der Waals surface area (Å²) in [5.74, 6) is 0.508. The van der Waals surface area contributed by atoms with E-state index in [1.54, 1.807) is 6.07 Å². The molecule has 1 heterocycles. The molecule has 78 valence electrons. The monoisotopic (exact) mass is 265 g/mol. The lowest BCUT2D eigenvalue weighted by Crippen LogP contribution is -1.93. The maximum Gasteiger partial charge on any atom is 0.137 e. The summed E-state index contributed by atoms with van der Waals surface area (Å²) in [4.78, 5) is 4.46. The average Bonchev–Trinajstić information content (AvgIpc) is 2.17. The van der Waals surface area contributed by atoms with Gasteiger partial charge >= 0.3 is 0 Å². The normalized spacial score (nSPS) is 11.2. The highest BCUT2D eigenvalue weighted by atomic mass is 79.9. The van der Waals surface area contributed by atoms with E-state index in [1.807, 2.05) is 32.0 Å². The fourth-order valence-electron chi connectivity index (χ4n) is 1.57. The van der Waals surface area contributed by atoms with Gasteiger partial charge in [-0.1, -0.05) is 35.8 Å². The number of rotatable bonds is 1. The molecule has 0 bridgehead atoms. The molecule has 0 aliphatic rings. The van der Waals surface area contributed by atoms with Crippen LogP contribution in [-0.2, 0) is 0 Å². The predicted molar refractivity (Wildman–Crippen MR) is 65.2 cm³/mol. The molecule has 0 spiro atoms. The van der Waals surface area contributed by atoms with E-state index in [1.165, 1.54) is 0 Å². The highest BCUT2D eigenvalue weighted by Crippen LogP contribution is 2.28. The summed E-state index contributed by atoms with van der Waals surface area (Å²) in [7, 11) is 0. The van der Waals surface area contributed by atoms with Crippen molar-refractivity contribution in [1.29, 1.82) is 0 Å². The van der Waals surface area contributed by atoms with Crippen molar-refractivity contribution in [3.05, 3.63) is 34.4 Å². The smallest absolute Gasteiger partial charge is 0.137 e. The second-order valence-corrected chi connectivity index (χ2v) is 4.80. The number of benzene rings is 1. The van der Waals surface area contributed by atoms with Crippen molar-refractivity contribution in [2.75, 3.05) is 0 Å². The molecule has 0 unspecified atom stereocenters. The van der Waals surface area contributed by atoms with Crippen LogP contribution in [0.4, 0.5) is 0 Å². The Hall–Kier alpha value is -1.09. The van der Waals surface area contributed by atoms with Crippen LogP contribution in [0.3, 0.4) is 0 Å². The third-order valence-corrected chi connectivity index (χ3v) is 2.83. The van der Waals surface area contributed by atoms with Crippen molar-refractivity contribution in [3.63, 3.8) is 0 Å². The second kappa shape index (κ2) is 3.81. The molecule has 0 amide bonds. The number of aromatic hydroxyl groups is 1. The first-order valence-electron chi connectivity index (χ1n) is 4.87. The van der Waals surface area contributed by atoms with Crippen molar-refractivity contribution >= 4 is 26.8 Å². The summed E-state index contributed by atoms with van der Waals surface area (Å²) in [6.45, 7) is 4.04. The molecule has 2 nitrogen and oxygen atoms in total. The summed E-state index contributed by atoms with van der Waals surface area (Å²) in [6.07, 6.45) is 0. The Balaban J connectivity index is 2.72. The standard InChI is InChI=1S/C12H12BrNO/c1-7(2)12-11(15)5-8-3-4-9(13)6-10(8)14-12/h3-7,15H,1-2H3. The van der Waals surface area contributed by atoms with Crippen LogP contribution in [0.1, 0.15) is 25.5 Å². The number of hydrogen-bond acceptors (Lipinski definition) is 2. The van der Waals surface area contributed by atoms with Gasteiger partial charge in [0.1, 0.15) is 5.75 Å². The van der Waals surface area contributed by atoms with Crippen LogP contribution in [-0.4, -0.2) is 10.1 Å². The van der Waals surface area contributed by atoms with Gasteiger partial charge in [0.25, 0.3) is 0 Å². The minimum Gasteiger partial charge on any atom is -0.506 e. The fourth-order valence-corrected chi connectivity index (χ4v) is 1.92. The lowest BCUT2D eigenvalue weighted by Gasteiger charge is -2.08. The average molecular weight is 266 g/mol. The first-order chi connectivity index (χ1) is 7.08. The Morgan fingerprint density at radius 3 is 2.67 bits per heavy atom. The second-order valence-electron chi connectivity index (χ2n) is 3.88. The zero-order valence-corrected chi connectivity index (χ0v) is 10.2. The van der Waals surface area contributed by atoms with Gasteiger partial charge in [0.2, 0.25) is 0 Å². The van der Waals surface area contributed by atoms with Crippen molar-refractivity contribution in [2.45, 2.75) is 19.8 Å². The van der Waals surface area contributed by atoms with Gasteiger partial charge in [0, 0.05) is 9.86 Å². The van der Waals surface area contributed by atoms with Gasteiger partial charge in [0.15, 0.2) is 0 Å². The Morgan fingerprint density at radius 1 is 1.27 bits per heavy atom. The SMILES string of the molecule is CC(C)c1nc2cc(Br)ccc2cc1O. The Bertz CT molecular complexity index is 508. The molecule has 0 aliphatic heterocycles. The van der Waals surface area contributed by atoms with E-state index >= 15 is 0 Å². The number of fused-ring (bicyclic) bond motifs is 1. The van der Waals surface area contributed by atoms with Crippen LogP contribution >= 0.6 is 15.9 Å². The van der Waals surface area contributed by atoms with Crippen LogP contribution < -0.4 is 0 Å². The summed E-state index contributed by atoms with van der Waals surface area (Å²) in [5.41, 5.74) is 1.66. The lowest BCUT2D eigenvalue weighted by atomic mass is 10.1. The number of hydrogen-bond donors (Lipinski definition) is 1. The van der Waals surface area contributed by atoms with E-state index in [-0.39, 0.29) is 11.7 Å². The minimum atomic E-state index is 0.230. The zero-order chi connectivity index (χ0) is 11.0. The van der Waals surface area contributed by atoms with Crippen LogP contribution in [0, 0.1) is 0 Å². The van der Waals surface area contributed by atoms with Crippen LogP contribution in [0.2, 0.25) is 0 Å². The lowest BCUT2D eigenvalue weighted by molar-refractivity contribution is 0.461. The molecule has 1 aromatic heterocycles. The molecule has 1 aromatic carbocycles. The van der Waals surface area contributed by atoms with Crippen LogP contribution in [0.25, 0.3) is 10.9 Å². The summed E-state index contributed by atoms with van der Waals surface area (Å²) < 4.78 is 1.00. The molecule has 0 fully saturated rings. The Morgan fingerprint density at radius 2 is 2.00 bits per heavy atom. The van der Waals surface area contributed by atoms with E-state index in [0.717, 1.165) is 21.1 Å². The van der Waals surface area contributed by atoms with Crippen LogP contribution in [0.5, 0.6) is 5.75 Å². The molecule has 3 heteroatoms. The number of aromatic nitrogens is 1. The van der Waals surface area contributed by atoms with Gasteiger partial charge in [-0.3, -0.25) is 0 Å². The van der Waals surface area contributed by atoms with Gasteiger partial charge < -0.3 is 5.11 Å². The van der Waals surface area contributed by atoms with Crippen molar-refractivity contribution in [1.82, 2.24) is 4.98 Å². The van der Waals surface area contributed by atoms with E-state index in [9.17, 15) is 5.11 Å². The zero-order valence-electron chi connectivity index (χ0n) is 8.66. The molecular weight excluding hydrogens is 254 g/mol. The van der Waals surface area contributed by atoms with Crippen molar-refractivity contribution in [2.24, 2.45) is 0 Å². The molecule has 1 N–H and O–H groups in total. The molecule has 0 radical (unpaired) electrons. The Labute approximate surface area is 97.1 Å². The molecule has 15 heavy (non-hydrogen) atoms. The first-order valence-corrected chi connectivity index (χ1v) is 5.66. The molecule has 2 aromatic rings. The van der Waals surface area contributed by atoms with E-state index < -0.39 is 0 Å². The van der Waals surface area contributed by atoms with Gasteiger partial charge in [-0.05, 0) is 24.1 Å². The maximum absolute atomic E-state index is 9.77. The molecular formula is C12H12BrNO. The molecule has 0 saturated carbocycles. The molecule has 0 atom stereocenters. The molecule has 0 aliphatic carbocycles. The topological polar surface area (TPSA) is 33.1 Å². The van der Waals surface area contributed by atoms with Gasteiger partial charge in [0.05, 0.1) is 11.2 Å². The van der Waals surface area contributed by atoms with Gasteiger partial charge in [-0.2, -0.15) is 0 Å². The summed E-state index contributed by atoms with van der Waals surface area (Å²) in [5, 5.41) is 10.7. The Kier molecular flexibility index (Phi) is 2.65. The highest BCUT2D eigenvalue weighted by molar-refractivity contribution is 9.10. The third-order valence-electron chi connectivity index (χ3n) is 2.33. The number of halogens is 1. The maximum atomic E-state index is 9.77. The third kappa shape index (κ3) is 1.97. The van der Waals surface area contributed by atoms with Crippen LogP contribution in [0.15, 0.2) is 28.7 Å². The van der Waals surface area contributed by atoms with E-state index in [4.69, 9.17) is 0 Å². The summed E-state index contributed by atoms with van der Waals surface area (Å²) >= 11 is 3.41. The molecule has 2 rings (SSSR count). The number of nitrogens with zero attached hydrogens (tertiary/aromatic N) is 1. The number of pyridine rings is 1. The van der Waals surface area contributed by atoms with Crippen molar-refractivity contribution < 1.29 is 5.11 Å². The van der Waals surface area contributed by atoms with E-state index in [2.05, 4.69) is 20.9 Å². The summed E-state index contributed by atoms with van der Waals surface area (Å²) in [6, 6.07) is 7.61.